The highest BCUT2D eigenvalue weighted by Crippen LogP contribution is 2.26. The number of rotatable bonds is 8. The molecule has 22 heavy (non-hydrogen) atoms. The molecule has 1 N–H and O–H groups in total. The minimum atomic E-state index is -0.743. The van der Waals surface area contributed by atoms with Gasteiger partial charge in [0.05, 0.1) is 5.92 Å². The molecule has 0 unspecified atom stereocenters. The van der Waals surface area contributed by atoms with Gasteiger partial charge in [0.2, 0.25) is 0 Å². The van der Waals surface area contributed by atoms with Crippen molar-refractivity contribution in [2.24, 2.45) is 5.92 Å². The first kappa shape index (κ1) is 16.7. The van der Waals surface area contributed by atoms with Crippen LogP contribution in [0.3, 0.4) is 0 Å². The van der Waals surface area contributed by atoms with Crippen LogP contribution >= 0.6 is 0 Å². The molecule has 0 bridgehead atoms. The molecule has 5 heteroatoms. The van der Waals surface area contributed by atoms with E-state index in [4.69, 9.17) is 5.11 Å². The average molecular weight is 308 g/mol. The lowest BCUT2D eigenvalue weighted by molar-refractivity contribution is -0.147. The SMILES string of the molecule is CCCCCN(C)c1ccc(F)cc1CN1CC(C(=O)O)C1. The van der Waals surface area contributed by atoms with Gasteiger partial charge in [-0.25, -0.2) is 4.39 Å². The molecule has 0 aliphatic carbocycles. The number of nitrogens with zero attached hydrogens (tertiary/aromatic N) is 2. The van der Waals surface area contributed by atoms with E-state index in [9.17, 15) is 9.18 Å². The smallest absolute Gasteiger partial charge is 0.309 e. The second kappa shape index (κ2) is 7.58. The predicted octanol–water partition coefficient (Wildman–Crippen LogP) is 2.97. The summed E-state index contributed by atoms with van der Waals surface area (Å²) in [6.07, 6.45) is 3.48. The molecule has 0 amide bonds. The summed E-state index contributed by atoms with van der Waals surface area (Å²) >= 11 is 0. The highest BCUT2D eigenvalue weighted by molar-refractivity contribution is 5.71. The van der Waals surface area contributed by atoms with Gasteiger partial charge in [0.25, 0.3) is 0 Å². The van der Waals surface area contributed by atoms with Gasteiger partial charge in [-0.1, -0.05) is 19.8 Å². The van der Waals surface area contributed by atoms with Crippen LogP contribution < -0.4 is 4.90 Å². The van der Waals surface area contributed by atoms with Crippen molar-refractivity contribution < 1.29 is 14.3 Å². The number of carboxylic acid groups (broad SMARTS) is 1. The van der Waals surface area contributed by atoms with Crippen molar-refractivity contribution >= 4 is 11.7 Å². The van der Waals surface area contributed by atoms with Crippen LogP contribution in [0, 0.1) is 11.7 Å². The number of anilines is 1. The van der Waals surface area contributed by atoms with Gasteiger partial charge in [-0.15, -0.1) is 0 Å². The van der Waals surface area contributed by atoms with Crippen molar-refractivity contribution in [3.63, 3.8) is 0 Å². The summed E-state index contributed by atoms with van der Waals surface area (Å²) in [7, 11) is 2.03. The van der Waals surface area contributed by atoms with E-state index in [2.05, 4.69) is 16.7 Å². The van der Waals surface area contributed by atoms with Gasteiger partial charge in [0.1, 0.15) is 5.82 Å². The second-order valence-electron chi connectivity index (χ2n) is 6.13. The molecule has 1 aromatic carbocycles. The van der Waals surface area contributed by atoms with Gasteiger partial charge < -0.3 is 10.0 Å². The summed E-state index contributed by atoms with van der Waals surface area (Å²) in [5.41, 5.74) is 1.97. The molecule has 122 valence electrons. The van der Waals surface area contributed by atoms with Crippen molar-refractivity contribution in [2.75, 3.05) is 31.6 Å². The van der Waals surface area contributed by atoms with Crippen LogP contribution in [0.5, 0.6) is 0 Å². The largest absolute Gasteiger partial charge is 0.481 e. The molecule has 1 aromatic rings. The van der Waals surface area contributed by atoms with Crippen molar-refractivity contribution in [1.29, 1.82) is 0 Å². The van der Waals surface area contributed by atoms with Crippen LogP contribution in [-0.4, -0.2) is 42.7 Å². The third-order valence-corrected chi connectivity index (χ3v) is 4.25. The average Bonchev–Trinajstić information content (AvgIpc) is 2.42. The molecular weight excluding hydrogens is 283 g/mol. The van der Waals surface area contributed by atoms with E-state index in [0.717, 1.165) is 24.2 Å². The Morgan fingerprint density at radius 2 is 2.14 bits per heavy atom. The Bertz CT molecular complexity index is 515. The predicted molar refractivity (Wildman–Crippen MR) is 85.6 cm³/mol. The molecule has 1 aliphatic rings. The fourth-order valence-corrected chi connectivity index (χ4v) is 2.87. The Labute approximate surface area is 131 Å². The van der Waals surface area contributed by atoms with E-state index >= 15 is 0 Å². The topological polar surface area (TPSA) is 43.8 Å². The maximum atomic E-state index is 13.6. The normalized spacial score (nSPS) is 15.6. The quantitative estimate of drug-likeness (QED) is 0.750. The minimum absolute atomic E-state index is 0.240. The fourth-order valence-electron chi connectivity index (χ4n) is 2.87. The Hall–Kier alpha value is -1.62. The third-order valence-electron chi connectivity index (χ3n) is 4.25. The number of aliphatic carboxylic acids is 1. The molecule has 4 nitrogen and oxygen atoms in total. The molecule has 1 heterocycles. The van der Waals surface area contributed by atoms with Gasteiger partial charge in [-0.3, -0.25) is 9.69 Å². The molecule has 1 fully saturated rings. The van der Waals surface area contributed by atoms with Crippen LogP contribution in [0.1, 0.15) is 31.7 Å². The summed E-state index contributed by atoms with van der Waals surface area (Å²) in [6.45, 7) is 4.82. The molecule has 0 radical (unpaired) electrons. The third kappa shape index (κ3) is 4.19. The molecule has 0 saturated carbocycles. The molecular formula is C17H25FN2O2. The van der Waals surface area contributed by atoms with Crippen molar-refractivity contribution in [2.45, 2.75) is 32.7 Å². The number of halogens is 1. The number of hydrogen-bond donors (Lipinski definition) is 1. The summed E-state index contributed by atoms with van der Waals surface area (Å²) in [5, 5.41) is 8.93. The molecule has 0 atom stereocenters. The van der Waals surface area contributed by atoms with Crippen molar-refractivity contribution in [3.8, 4) is 0 Å². The van der Waals surface area contributed by atoms with Crippen LogP contribution in [0.2, 0.25) is 0 Å². The summed E-state index contributed by atoms with van der Waals surface area (Å²) in [4.78, 5) is 15.1. The highest BCUT2D eigenvalue weighted by Gasteiger charge is 2.32. The maximum Gasteiger partial charge on any atom is 0.309 e. The lowest BCUT2D eigenvalue weighted by Crippen LogP contribution is -2.49. The van der Waals surface area contributed by atoms with Gasteiger partial charge in [-0.2, -0.15) is 0 Å². The minimum Gasteiger partial charge on any atom is -0.481 e. The van der Waals surface area contributed by atoms with Gasteiger partial charge in [0, 0.05) is 38.9 Å². The van der Waals surface area contributed by atoms with Crippen LogP contribution in [0.25, 0.3) is 0 Å². The number of carbonyl (C=O) groups is 1. The van der Waals surface area contributed by atoms with Gasteiger partial charge in [-0.05, 0) is 30.2 Å². The second-order valence-corrected chi connectivity index (χ2v) is 6.13. The fraction of sp³-hybridized carbons (Fsp3) is 0.588. The van der Waals surface area contributed by atoms with E-state index in [1.54, 1.807) is 6.07 Å². The van der Waals surface area contributed by atoms with Crippen LogP contribution in [0.15, 0.2) is 18.2 Å². The van der Waals surface area contributed by atoms with E-state index in [0.29, 0.717) is 19.6 Å². The van der Waals surface area contributed by atoms with Crippen molar-refractivity contribution in [1.82, 2.24) is 4.90 Å². The summed E-state index contributed by atoms with van der Waals surface area (Å²) in [5.74, 6) is -1.26. The zero-order chi connectivity index (χ0) is 16.1. The van der Waals surface area contributed by atoms with Crippen LogP contribution in [-0.2, 0) is 11.3 Å². The molecule has 1 aliphatic heterocycles. The van der Waals surface area contributed by atoms with E-state index < -0.39 is 5.97 Å². The lowest BCUT2D eigenvalue weighted by Gasteiger charge is -2.37. The van der Waals surface area contributed by atoms with E-state index in [1.807, 2.05) is 13.1 Å². The van der Waals surface area contributed by atoms with Gasteiger partial charge in [0.15, 0.2) is 0 Å². The number of benzene rings is 1. The summed E-state index contributed by atoms with van der Waals surface area (Å²) in [6, 6.07) is 4.89. The van der Waals surface area contributed by atoms with Crippen LogP contribution in [0.4, 0.5) is 10.1 Å². The van der Waals surface area contributed by atoms with E-state index in [-0.39, 0.29) is 11.7 Å². The maximum absolute atomic E-state index is 13.6. The van der Waals surface area contributed by atoms with Crippen molar-refractivity contribution in [3.05, 3.63) is 29.6 Å². The number of carboxylic acids is 1. The Kier molecular flexibility index (Phi) is 5.77. The number of likely N-dealkylation sites (tertiary alicyclic amines) is 1. The zero-order valence-electron chi connectivity index (χ0n) is 13.4. The first-order valence-corrected chi connectivity index (χ1v) is 7.96. The Balaban J connectivity index is 2.00. The highest BCUT2D eigenvalue weighted by atomic mass is 19.1. The monoisotopic (exact) mass is 308 g/mol. The molecule has 1 saturated heterocycles. The van der Waals surface area contributed by atoms with E-state index in [1.165, 1.54) is 18.9 Å². The molecule has 0 aromatic heterocycles. The Morgan fingerprint density at radius 3 is 2.77 bits per heavy atom. The number of unbranched alkanes of at least 4 members (excludes halogenated alkanes) is 2. The lowest BCUT2D eigenvalue weighted by atomic mass is 9.99. The summed E-state index contributed by atoms with van der Waals surface area (Å²) < 4.78 is 13.6. The molecule has 2 rings (SSSR count). The standard InChI is InChI=1S/C17H25FN2O2/c1-3-4-5-8-19(2)16-7-6-15(18)9-13(16)10-20-11-14(12-20)17(21)22/h6-7,9,14H,3-5,8,10-12H2,1-2H3,(H,21,22). The Morgan fingerprint density at radius 1 is 1.41 bits per heavy atom. The molecule has 0 spiro atoms. The first-order valence-electron chi connectivity index (χ1n) is 7.96. The zero-order valence-corrected chi connectivity index (χ0v) is 13.4. The number of hydrogen-bond acceptors (Lipinski definition) is 3. The van der Waals surface area contributed by atoms with Gasteiger partial charge >= 0.3 is 5.97 Å². The first-order chi connectivity index (χ1) is 10.5.